The Labute approximate surface area is 143 Å². The summed E-state index contributed by atoms with van der Waals surface area (Å²) in [7, 11) is 0. The summed E-state index contributed by atoms with van der Waals surface area (Å²) in [6, 6.07) is 11.4. The number of rotatable bonds is 6. The maximum atomic E-state index is 12.0. The predicted molar refractivity (Wildman–Crippen MR) is 92.7 cm³/mol. The number of pyridine rings is 1. The summed E-state index contributed by atoms with van der Waals surface area (Å²) in [5, 5.41) is 7.15. The highest BCUT2D eigenvalue weighted by Gasteiger charge is 2.11. The zero-order chi connectivity index (χ0) is 16.8. The summed E-state index contributed by atoms with van der Waals surface area (Å²) >= 11 is 1.23. The first kappa shape index (κ1) is 16.2. The lowest BCUT2D eigenvalue weighted by atomic mass is 10.1. The Morgan fingerprint density at radius 3 is 2.62 bits per heavy atom. The maximum Gasteiger partial charge on any atom is 0.258 e. The number of aryl methyl sites for hydroxylation is 1. The van der Waals surface area contributed by atoms with Crippen molar-refractivity contribution in [2.75, 3.05) is 11.1 Å². The van der Waals surface area contributed by atoms with Crippen molar-refractivity contribution < 1.29 is 9.32 Å². The third kappa shape index (κ3) is 4.20. The molecule has 0 saturated heterocycles. The van der Waals surface area contributed by atoms with Gasteiger partial charge in [0.2, 0.25) is 11.1 Å². The second kappa shape index (κ2) is 7.74. The predicted octanol–water partition coefficient (Wildman–Crippen LogP) is 3.42. The van der Waals surface area contributed by atoms with E-state index < -0.39 is 0 Å². The Balaban J connectivity index is 1.53. The number of hydrogen-bond acceptors (Lipinski definition) is 6. The highest BCUT2D eigenvalue weighted by atomic mass is 32.2. The van der Waals surface area contributed by atoms with E-state index in [1.54, 1.807) is 24.5 Å². The molecule has 3 rings (SSSR count). The second-order valence-corrected chi connectivity index (χ2v) is 5.95. The fourth-order valence-electron chi connectivity index (χ4n) is 2.03. The Hall–Kier alpha value is -2.67. The lowest BCUT2D eigenvalue weighted by Crippen LogP contribution is -2.14. The number of carbonyl (C=O) groups is 1. The van der Waals surface area contributed by atoms with Crippen LogP contribution in [-0.4, -0.2) is 26.8 Å². The first-order valence-electron chi connectivity index (χ1n) is 7.50. The van der Waals surface area contributed by atoms with Crippen molar-refractivity contribution >= 4 is 23.4 Å². The van der Waals surface area contributed by atoms with E-state index in [1.807, 2.05) is 24.3 Å². The van der Waals surface area contributed by atoms with Crippen LogP contribution in [-0.2, 0) is 11.2 Å². The molecule has 2 heterocycles. The van der Waals surface area contributed by atoms with Crippen molar-refractivity contribution in [2.45, 2.75) is 18.5 Å². The Kier molecular flexibility index (Phi) is 5.22. The highest BCUT2D eigenvalue weighted by molar-refractivity contribution is 7.99. The number of thioether (sulfide) groups is 1. The van der Waals surface area contributed by atoms with E-state index in [0.717, 1.165) is 17.7 Å². The van der Waals surface area contributed by atoms with Crippen molar-refractivity contribution in [3.05, 3.63) is 54.4 Å². The number of anilines is 1. The van der Waals surface area contributed by atoms with E-state index in [9.17, 15) is 4.79 Å². The number of nitrogens with one attached hydrogen (secondary N) is 1. The molecule has 3 aromatic rings. The van der Waals surface area contributed by atoms with Gasteiger partial charge in [0, 0.05) is 23.6 Å². The summed E-state index contributed by atoms with van der Waals surface area (Å²) in [4.78, 5) is 20.2. The zero-order valence-corrected chi connectivity index (χ0v) is 13.9. The maximum absolute atomic E-state index is 12.0. The molecule has 24 heavy (non-hydrogen) atoms. The van der Waals surface area contributed by atoms with Crippen LogP contribution in [0.4, 0.5) is 5.69 Å². The normalized spacial score (nSPS) is 10.5. The van der Waals surface area contributed by atoms with Crippen molar-refractivity contribution in [2.24, 2.45) is 0 Å². The van der Waals surface area contributed by atoms with Crippen molar-refractivity contribution in [1.29, 1.82) is 0 Å². The van der Waals surface area contributed by atoms with Gasteiger partial charge in [-0.05, 0) is 41.4 Å². The van der Waals surface area contributed by atoms with Gasteiger partial charge in [0.15, 0.2) is 0 Å². The van der Waals surface area contributed by atoms with E-state index in [-0.39, 0.29) is 11.7 Å². The summed E-state index contributed by atoms with van der Waals surface area (Å²) in [6.45, 7) is 2.09. The molecule has 0 unspecified atom stereocenters. The van der Waals surface area contributed by atoms with Crippen molar-refractivity contribution in [3.63, 3.8) is 0 Å². The third-order valence-electron chi connectivity index (χ3n) is 3.31. The smallest absolute Gasteiger partial charge is 0.258 e. The van der Waals surface area contributed by atoms with Gasteiger partial charge < -0.3 is 9.84 Å². The van der Waals surface area contributed by atoms with Crippen molar-refractivity contribution in [1.82, 2.24) is 15.1 Å². The zero-order valence-electron chi connectivity index (χ0n) is 13.1. The molecule has 1 aromatic carbocycles. The first-order chi connectivity index (χ1) is 11.7. The summed E-state index contributed by atoms with van der Waals surface area (Å²) in [5.41, 5.74) is 2.81. The van der Waals surface area contributed by atoms with Gasteiger partial charge in [-0.15, -0.1) is 0 Å². The fourth-order valence-corrected chi connectivity index (χ4v) is 2.60. The van der Waals surface area contributed by atoms with Crippen LogP contribution in [0.5, 0.6) is 0 Å². The molecular weight excluding hydrogens is 324 g/mol. The van der Waals surface area contributed by atoms with Crippen LogP contribution in [0.15, 0.2) is 58.5 Å². The number of benzene rings is 1. The van der Waals surface area contributed by atoms with Gasteiger partial charge in [-0.25, -0.2) is 0 Å². The molecule has 2 aromatic heterocycles. The molecule has 0 bridgehead atoms. The Morgan fingerprint density at radius 1 is 1.17 bits per heavy atom. The standard InChI is InChI=1S/C17H16N4O2S/c1-2-12-3-5-14(6-4-12)19-15(22)11-24-17-20-16(23-21-17)13-7-9-18-10-8-13/h3-10H,2,11H2,1H3,(H,19,22). The number of amides is 1. The van der Waals surface area contributed by atoms with Gasteiger partial charge in [-0.2, -0.15) is 4.98 Å². The van der Waals surface area contributed by atoms with E-state index in [4.69, 9.17) is 4.52 Å². The number of aromatic nitrogens is 3. The van der Waals surface area contributed by atoms with Crippen LogP contribution in [0.3, 0.4) is 0 Å². The molecule has 0 radical (unpaired) electrons. The number of hydrogen-bond donors (Lipinski definition) is 1. The van der Waals surface area contributed by atoms with Gasteiger partial charge >= 0.3 is 0 Å². The molecule has 7 heteroatoms. The number of carbonyl (C=O) groups excluding carboxylic acids is 1. The van der Waals surface area contributed by atoms with Crippen LogP contribution in [0.25, 0.3) is 11.5 Å². The molecule has 122 valence electrons. The quantitative estimate of drug-likeness (QED) is 0.693. The average Bonchev–Trinajstić information content (AvgIpc) is 3.10. The molecule has 0 atom stereocenters. The minimum Gasteiger partial charge on any atom is -0.333 e. The van der Waals surface area contributed by atoms with Gasteiger partial charge in [0.1, 0.15) is 0 Å². The van der Waals surface area contributed by atoms with Gasteiger partial charge in [-0.1, -0.05) is 30.8 Å². The molecule has 0 aliphatic rings. The molecule has 0 saturated carbocycles. The van der Waals surface area contributed by atoms with Crippen LogP contribution in [0.2, 0.25) is 0 Å². The summed E-state index contributed by atoms with van der Waals surface area (Å²) in [5.74, 6) is 0.514. The van der Waals surface area contributed by atoms with Crippen LogP contribution >= 0.6 is 11.8 Å². The molecule has 0 aliphatic carbocycles. The minimum atomic E-state index is -0.112. The minimum absolute atomic E-state index is 0.112. The Morgan fingerprint density at radius 2 is 1.92 bits per heavy atom. The van der Waals surface area contributed by atoms with Gasteiger partial charge in [0.25, 0.3) is 5.89 Å². The third-order valence-corrected chi connectivity index (χ3v) is 4.14. The molecule has 1 amide bonds. The van der Waals surface area contributed by atoms with E-state index in [2.05, 4.69) is 27.4 Å². The van der Waals surface area contributed by atoms with E-state index in [0.29, 0.717) is 11.0 Å². The van der Waals surface area contributed by atoms with Crippen molar-refractivity contribution in [3.8, 4) is 11.5 Å². The highest BCUT2D eigenvalue weighted by Crippen LogP contribution is 2.21. The lowest BCUT2D eigenvalue weighted by molar-refractivity contribution is -0.113. The average molecular weight is 340 g/mol. The number of nitrogens with zero attached hydrogens (tertiary/aromatic N) is 3. The van der Waals surface area contributed by atoms with E-state index in [1.165, 1.54) is 17.3 Å². The molecule has 0 fully saturated rings. The first-order valence-corrected chi connectivity index (χ1v) is 8.49. The van der Waals surface area contributed by atoms with Crippen LogP contribution in [0, 0.1) is 0 Å². The summed E-state index contributed by atoms with van der Waals surface area (Å²) < 4.78 is 5.19. The van der Waals surface area contributed by atoms with Crippen LogP contribution in [0.1, 0.15) is 12.5 Å². The van der Waals surface area contributed by atoms with Gasteiger partial charge in [0.05, 0.1) is 5.75 Å². The van der Waals surface area contributed by atoms with E-state index >= 15 is 0 Å². The molecule has 0 spiro atoms. The largest absolute Gasteiger partial charge is 0.333 e. The second-order valence-electron chi connectivity index (χ2n) is 5.01. The van der Waals surface area contributed by atoms with Crippen LogP contribution < -0.4 is 5.32 Å². The SMILES string of the molecule is CCc1ccc(NC(=O)CSc2noc(-c3ccncc3)n2)cc1. The molecule has 6 nitrogen and oxygen atoms in total. The lowest BCUT2D eigenvalue weighted by Gasteiger charge is -2.04. The molecule has 1 N–H and O–H groups in total. The van der Waals surface area contributed by atoms with Gasteiger partial charge in [-0.3, -0.25) is 9.78 Å². The Bertz CT molecular complexity index is 803. The topological polar surface area (TPSA) is 80.9 Å². The molecule has 0 aliphatic heterocycles. The fraction of sp³-hybridized carbons (Fsp3) is 0.176. The monoisotopic (exact) mass is 340 g/mol. The molecular formula is C17H16N4O2S. The summed E-state index contributed by atoms with van der Waals surface area (Å²) in [6.07, 6.45) is 4.29.